The number of alkyl halides is 10. The fraction of sp³-hybridized carbons (Fsp3) is 0.263. The van der Waals surface area contributed by atoms with Crippen LogP contribution in [0.5, 0.6) is 23.0 Å². The van der Waals surface area contributed by atoms with Crippen molar-refractivity contribution in [2.75, 3.05) is 26.4 Å². The summed E-state index contributed by atoms with van der Waals surface area (Å²) in [7, 11) is 0. The smallest absolute Gasteiger partial charge is 0.426 e. The number of rotatable bonds is 28. The van der Waals surface area contributed by atoms with Crippen LogP contribution in [0.25, 0.3) is 12.2 Å². The average Bonchev–Trinajstić information content (AvgIpc) is 3.53. The van der Waals surface area contributed by atoms with Crippen molar-refractivity contribution in [3.8, 4) is 23.0 Å². The molecular weight excluding hydrogens is 1090 g/mol. The first-order valence-electron chi connectivity index (χ1n) is 24.3. The van der Waals surface area contributed by atoms with Crippen molar-refractivity contribution in [3.05, 3.63) is 211 Å². The number of esters is 2. The van der Waals surface area contributed by atoms with Crippen molar-refractivity contribution in [1.29, 1.82) is 0 Å². The fourth-order valence-corrected chi connectivity index (χ4v) is 7.64. The van der Waals surface area contributed by atoms with Gasteiger partial charge in [-0.2, -0.15) is 43.9 Å². The van der Waals surface area contributed by atoms with Crippen LogP contribution in [0.1, 0.15) is 59.1 Å². The van der Waals surface area contributed by atoms with E-state index < -0.39 is 89.0 Å². The first-order chi connectivity index (χ1) is 38.2. The molecule has 0 fully saturated rings. The quantitative estimate of drug-likeness (QED) is 0.0114. The van der Waals surface area contributed by atoms with Crippen molar-refractivity contribution in [2.24, 2.45) is 5.41 Å². The molecule has 6 aromatic rings. The Hall–Kier alpha value is -8.96. The molecule has 0 amide bonds. The molecular formula is C57H48F10N2O12. The number of hydrogen-bond acceptors (Lipinski definition) is 12. The molecule has 0 radical (unpaired) electrons. The number of hydrogen-bond donors (Lipinski definition) is 0. The van der Waals surface area contributed by atoms with Gasteiger partial charge in [-0.15, -0.1) is 0 Å². The van der Waals surface area contributed by atoms with E-state index in [0.717, 1.165) is 60.7 Å². The lowest BCUT2D eigenvalue weighted by Gasteiger charge is -2.33. The van der Waals surface area contributed by atoms with Gasteiger partial charge in [-0.3, -0.25) is 20.2 Å². The summed E-state index contributed by atoms with van der Waals surface area (Å²) in [5.74, 6) is -2.24. The molecule has 0 aliphatic heterocycles. The lowest BCUT2D eigenvalue weighted by molar-refractivity contribution is -0.385. The van der Waals surface area contributed by atoms with Gasteiger partial charge in [0, 0.05) is 54.7 Å². The van der Waals surface area contributed by atoms with E-state index in [9.17, 15) is 56.2 Å². The van der Waals surface area contributed by atoms with Crippen LogP contribution in [0.3, 0.4) is 0 Å². The first kappa shape index (κ1) is 61.3. The summed E-state index contributed by atoms with van der Waals surface area (Å²) in [6.45, 7) is -1.52. The molecule has 0 aliphatic rings. The van der Waals surface area contributed by atoms with Crippen molar-refractivity contribution >= 4 is 35.5 Å². The highest BCUT2D eigenvalue weighted by molar-refractivity contribution is 5.87. The van der Waals surface area contributed by atoms with Gasteiger partial charge in [0.1, 0.15) is 36.2 Å². The average molecular weight is 1140 g/mol. The zero-order valence-corrected chi connectivity index (χ0v) is 42.3. The Morgan fingerprint density at radius 3 is 1.07 bits per heavy atom. The van der Waals surface area contributed by atoms with Crippen LogP contribution < -0.4 is 18.9 Å². The molecule has 0 atom stereocenters. The minimum absolute atomic E-state index is 0.0548. The van der Waals surface area contributed by atoms with Gasteiger partial charge in [0.15, 0.2) is 0 Å². The van der Waals surface area contributed by atoms with Gasteiger partial charge in [0.2, 0.25) is 0 Å². The molecule has 0 spiro atoms. The van der Waals surface area contributed by atoms with Crippen LogP contribution in [0.4, 0.5) is 55.3 Å². The van der Waals surface area contributed by atoms with E-state index in [2.05, 4.69) is 0 Å². The predicted octanol–water partition coefficient (Wildman–Crippen LogP) is 14.5. The third kappa shape index (κ3) is 20.3. The summed E-state index contributed by atoms with van der Waals surface area (Å²) >= 11 is 0. The Labute approximate surface area is 455 Å². The molecule has 0 aromatic heterocycles. The van der Waals surface area contributed by atoms with E-state index in [4.69, 9.17) is 28.4 Å². The lowest BCUT2D eigenvalue weighted by Crippen LogP contribution is -2.38. The molecule has 0 bridgehead atoms. The number of carbonyl (C=O) groups is 2. The molecule has 0 heterocycles. The molecule has 428 valence electrons. The molecule has 24 heteroatoms. The monoisotopic (exact) mass is 1140 g/mol. The third-order valence-corrected chi connectivity index (χ3v) is 11.7. The summed E-state index contributed by atoms with van der Waals surface area (Å²) in [5, 5.41) is 22.9. The maximum Gasteiger partial charge on any atom is 0.426 e. The minimum atomic E-state index is -4.36. The SMILES string of the molecule is O=C(C=Cc1ccc(OC(F)(F)c2ccc(OCCCC(F)(F)F)cc2)cc1)OCC(COC(=O)C=Cc1ccc(OC(F)(F)c2ccc(OCCCC(F)(F)F)cc2)cc1)(Cc1ccc([N+](=O)[O-])cc1)Cc1ccc([N+](=O)[O-])cc1. The van der Waals surface area contributed by atoms with E-state index in [1.807, 2.05) is 0 Å². The Kier molecular flexibility index (Phi) is 20.6. The van der Waals surface area contributed by atoms with Gasteiger partial charge in [0.25, 0.3) is 11.4 Å². The Morgan fingerprint density at radius 1 is 0.444 bits per heavy atom. The van der Waals surface area contributed by atoms with Gasteiger partial charge in [-0.05, 0) is 133 Å². The fourth-order valence-electron chi connectivity index (χ4n) is 7.64. The van der Waals surface area contributed by atoms with Crippen LogP contribution in [-0.4, -0.2) is 60.6 Å². The summed E-state index contributed by atoms with van der Waals surface area (Å²) in [6, 6.07) is 29.6. The topological polar surface area (TPSA) is 176 Å². The predicted molar refractivity (Wildman–Crippen MR) is 272 cm³/mol. The molecule has 0 aliphatic carbocycles. The molecule has 0 N–H and O–H groups in total. The van der Waals surface area contributed by atoms with Crippen LogP contribution in [0.2, 0.25) is 0 Å². The largest absolute Gasteiger partial charge is 0.494 e. The van der Waals surface area contributed by atoms with Gasteiger partial charge >= 0.3 is 36.5 Å². The zero-order chi connectivity index (χ0) is 58.9. The number of ether oxygens (including phenoxy) is 6. The van der Waals surface area contributed by atoms with Crippen molar-refractivity contribution in [1.82, 2.24) is 0 Å². The van der Waals surface area contributed by atoms with Crippen LogP contribution in [0.15, 0.2) is 158 Å². The van der Waals surface area contributed by atoms with E-state index in [1.165, 1.54) is 109 Å². The van der Waals surface area contributed by atoms with Gasteiger partial charge in [0.05, 0.1) is 34.2 Å². The van der Waals surface area contributed by atoms with Crippen LogP contribution in [-0.2, 0) is 44.1 Å². The van der Waals surface area contributed by atoms with Crippen molar-refractivity contribution in [3.63, 3.8) is 0 Å². The second kappa shape index (κ2) is 27.3. The van der Waals surface area contributed by atoms with E-state index in [-0.39, 0.29) is 73.3 Å². The minimum Gasteiger partial charge on any atom is -0.494 e. The highest BCUT2D eigenvalue weighted by atomic mass is 19.4. The summed E-state index contributed by atoms with van der Waals surface area (Å²) < 4.78 is 166. The number of nitro groups is 2. The summed E-state index contributed by atoms with van der Waals surface area (Å²) in [6.07, 6.45) is -14.6. The van der Waals surface area contributed by atoms with Gasteiger partial charge < -0.3 is 28.4 Å². The molecule has 0 saturated heterocycles. The van der Waals surface area contributed by atoms with E-state index in [0.29, 0.717) is 22.3 Å². The number of carbonyl (C=O) groups excluding carboxylic acids is 2. The Bertz CT molecular complexity index is 2890. The first-order valence-corrected chi connectivity index (χ1v) is 24.3. The molecule has 14 nitrogen and oxygen atoms in total. The van der Waals surface area contributed by atoms with Crippen molar-refractivity contribution in [2.45, 2.75) is 63.1 Å². The normalized spacial score (nSPS) is 12.3. The summed E-state index contributed by atoms with van der Waals surface area (Å²) in [5.41, 5.74) is -1.40. The van der Waals surface area contributed by atoms with Crippen LogP contribution in [0, 0.1) is 25.6 Å². The van der Waals surface area contributed by atoms with Crippen LogP contribution >= 0.6 is 0 Å². The summed E-state index contributed by atoms with van der Waals surface area (Å²) in [4.78, 5) is 48.4. The second-order valence-electron chi connectivity index (χ2n) is 18.1. The molecule has 0 unspecified atom stereocenters. The van der Waals surface area contributed by atoms with Gasteiger partial charge in [-0.25, -0.2) is 9.59 Å². The number of nitrogens with zero attached hydrogens (tertiary/aromatic N) is 2. The molecule has 6 aromatic carbocycles. The van der Waals surface area contributed by atoms with Gasteiger partial charge in [-0.1, -0.05) is 48.5 Å². The number of halogens is 10. The maximum absolute atomic E-state index is 15.1. The van der Waals surface area contributed by atoms with Crippen molar-refractivity contribution < 1.29 is 91.8 Å². The van der Waals surface area contributed by atoms with E-state index >= 15 is 17.6 Å². The number of non-ortho nitro benzene ring substituents is 2. The zero-order valence-electron chi connectivity index (χ0n) is 42.3. The third-order valence-electron chi connectivity index (χ3n) is 11.7. The number of nitro benzene ring substituents is 2. The lowest BCUT2D eigenvalue weighted by atomic mass is 9.77. The molecule has 81 heavy (non-hydrogen) atoms. The standard InChI is InChI=1S/C57H48F10N2O12/c58-54(59,60)31-1-33-76-47-25-13-43(14-26-47)56(64,65)80-49-21-7-39(8-22-49)11-29-51(70)78-37-53(35-41-3-17-45(18-4-41)68(72)73,36-42-5-19-46(20-6-42)69(74)75)38-79-52(71)30-12-40-9-23-50(24-10-40)81-57(66,67)44-15-27-48(28-16-44)77-34-2-32-55(61,62)63/h3-30H,1-2,31-38H2. The molecule has 0 saturated carbocycles. The second-order valence-corrected chi connectivity index (χ2v) is 18.1. The molecule has 6 rings (SSSR count). The highest BCUT2D eigenvalue weighted by Gasteiger charge is 2.37. The highest BCUT2D eigenvalue weighted by Crippen LogP contribution is 2.36. The maximum atomic E-state index is 15.1. The Balaban J connectivity index is 1.12. The Morgan fingerprint density at radius 2 is 0.765 bits per heavy atom. The van der Waals surface area contributed by atoms with E-state index in [1.54, 1.807) is 0 Å². The number of benzene rings is 6.